The van der Waals surface area contributed by atoms with Crippen LogP contribution in [0.3, 0.4) is 0 Å². The molecule has 0 bridgehead atoms. The summed E-state index contributed by atoms with van der Waals surface area (Å²) in [5.74, 6) is -0.204. The Morgan fingerprint density at radius 1 is 0.950 bits per heavy atom. The van der Waals surface area contributed by atoms with Crippen LogP contribution >= 0.6 is 11.6 Å². The molecule has 4 nitrogen and oxygen atoms in total. The van der Waals surface area contributed by atoms with Crippen molar-refractivity contribution < 1.29 is 4.39 Å². The van der Waals surface area contributed by atoms with Gasteiger partial charge in [0.05, 0.1) is 11.9 Å². The highest BCUT2D eigenvalue weighted by molar-refractivity contribution is 6.29. The second kappa shape index (κ2) is 5.63. The Morgan fingerprint density at radius 2 is 1.55 bits per heavy atom. The molecule has 1 fully saturated rings. The lowest BCUT2D eigenvalue weighted by Gasteiger charge is -2.37. The first-order valence-electron chi connectivity index (χ1n) is 6.46. The van der Waals surface area contributed by atoms with Crippen LogP contribution in [-0.2, 0) is 0 Å². The van der Waals surface area contributed by atoms with Gasteiger partial charge < -0.3 is 9.80 Å². The van der Waals surface area contributed by atoms with E-state index in [1.54, 1.807) is 6.20 Å². The molecule has 0 amide bonds. The van der Waals surface area contributed by atoms with Gasteiger partial charge in [-0.15, -0.1) is 5.10 Å². The average Bonchev–Trinajstić information content (AvgIpc) is 2.48. The van der Waals surface area contributed by atoms with Crippen molar-refractivity contribution in [2.24, 2.45) is 0 Å². The van der Waals surface area contributed by atoms with Crippen LogP contribution in [0.5, 0.6) is 0 Å². The van der Waals surface area contributed by atoms with Crippen molar-refractivity contribution in [3.05, 3.63) is 47.5 Å². The van der Waals surface area contributed by atoms with Crippen LogP contribution in [-0.4, -0.2) is 36.4 Å². The molecule has 0 radical (unpaired) electrons. The second-order valence-electron chi connectivity index (χ2n) is 4.69. The predicted octanol–water partition coefficient (Wildman–Crippen LogP) is 2.60. The topological polar surface area (TPSA) is 32.3 Å². The Morgan fingerprint density at radius 3 is 2.15 bits per heavy atom. The smallest absolute Gasteiger partial charge is 0.153 e. The van der Waals surface area contributed by atoms with Crippen LogP contribution in [0.25, 0.3) is 0 Å². The van der Waals surface area contributed by atoms with E-state index < -0.39 is 0 Å². The van der Waals surface area contributed by atoms with Gasteiger partial charge in [0.2, 0.25) is 0 Å². The van der Waals surface area contributed by atoms with Crippen molar-refractivity contribution in [1.82, 2.24) is 10.2 Å². The zero-order valence-electron chi connectivity index (χ0n) is 10.8. The van der Waals surface area contributed by atoms with Crippen LogP contribution in [0.1, 0.15) is 0 Å². The summed E-state index contributed by atoms with van der Waals surface area (Å²) in [5.41, 5.74) is 2.04. The number of piperazine rings is 1. The molecule has 1 aliphatic heterocycles. The molecular formula is C14H14ClFN4. The zero-order valence-corrected chi connectivity index (χ0v) is 11.6. The summed E-state index contributed by atoms with van der Waals surface area (Å²) in [4.78, 5) is 4.47. The summed E-state index contributed by atoms with van der Waals surface area (Å²) in [6, 6.07) is 8.44. The lowest BCUT2D eigenvalue weighted by molar-refractivity contribution is 0.624. The Labute approximate surface area is 121 Å². The molecule has 0 unspecified atom stereocenters. The number of hydrogen-bond donors (Lipinski definition) is 0. The van der Waals surface area contributed by atoms with Gasteiger partial charge in [0.15, 0.2) is 5.15 Å². The van der Waals surface area contributed by atoms with Crippen molar-refractivity contribution in [3.63, 3.8) is 0 Å². The molecule has 6 heteroatoms. The molecule has 1 aromatic carbocycles. The lowest BCUT2D eigenvalue weighted by atomic mass is 10.2. The minimum atomic E-state index is -0.204. The lowest BCUT2D eigenvalue weighted by Crippen LogP contribution is -2.46. The maximum absolute atomic E-state index is 12.9. The molecule has 0 N–H and O–H groups in total. The molecule has 0 saturated carbocycles. The SMILES string of the molecule is Fc1ccc(N2CCN(c3cnnc(Cl)c3)CC2)cc1. The molecular weight excluding hydrogens is 279 g/mol. The van der Waals surface area contributed by atoms with Crippen LogP contribution in [0.4, 0.5) is 15.8 Å². The summed E-state index contributed by atoms with van der Waals surface area (Å²) in [6.07, 6.45) is 1.72. The first-order valence-corrected chi connectivity index (χ1v) is 6.84. The minimum Gasteiger partial charge on any atom is -0.368 e. The number of halogens is 2. The zero-order chi connectivity index (χ0) is 13.9. The van der Waals surface area contributed by atoms with E-state index in [9.17, 15) is 4.39 Å². The summed E-state index contributed by atoms with van der Waals surface area (Å²) < 4.78 is 12.9. The maximum Gasteiger partial charge on any atom is 0.153 e. The first-order chi connectivity index (χ1) is 9.72. The normalized spacial score (nSPS) is 15.5. The van der Waals surface area contributed by atoms with Crippen molar-refractivity contribution in [2.45, 2.75) is 0 Å². The molecule has 0 atom stereocenters. The quantitative estimate of drug-likeness (QED) is 0.852. The molecule has 3 rings (SSSR count). The van der Waals surface area contributed by atoms with Crippen LogP contribution in [0, 0.1) is 5.82 Å². The largest absolute Gasteiger partial charge is 0.368 e. The minimum absolute atomic E-state index is 0.204. The Kier molecular flexibility index (Phi) is 3.69. The summed E-state index contributed by atoms with van der Waals surface area (Å²) in [7, 11) is 0. The molecule has 104 valence electrons. The third-order valence-corrected chi connectivity index (χ3v) is 3.63. The monoisotopic (exact) mass is 292 g/mol. The fraction of sp³-hybridized carbons (Fsp3) is 0.286. The summed E-state index contributed by atoms with van der Waals surface area (Å²) >= 11 is 5.86. The van der Waals surface area contributed by atoms with E-state index in [4.69, 9.17) is 11.6 Å². The van der Waals surface area contributed by atoms with Gasteiger partial charge in [-0.3, -0.25) is 0 Å². The number of benzene rings is 1. The number of hydrogen-bond acceptors (Lipinski definition) is 4. The van der Waals surface area contributed by atoms with Crippen LogP contribution in [0.2, 0.25) is 5.15 Å². The average molecular weight is 293 g/mol. The third-order valence-electron chi connectivity index (χ3n) is 3.45. The van der Waals surface area contributed by atoms with E-state index in [0.717, 1.165) is 37.6 Å². The van der Waals surface area contributed by atoms with Crippen LogP contribution in [0.15, 0.2) is 36.5 Å². The van der Waals surface area contributed by atoms with Crippen LogP contribution < -0.4 is 9.80 Å². The maximum atomic E-state index is 12.9. The van der Waals surface area contributed by atoms with Gasteiger partial charge in [-0.05, 0) is 24.3 Å². The number of rotatable bonds is 2. The number of anilines is 2. The van der Waals surface area contributed by atoms with E-state index in [0.29, 0.717) is 5.15 Å². The van der Waals surface area contributed by atoms with Gasteiger partial charge in [-0.2, -0.15) is 5.10 Å². The first kappa shape index (κ1) is 13.1. The van der Waals surface area contributed by atoms with E-state index in [1.807, 2.05) is 18.2 Å². The fourth-order valence-electron chi connectivity index (χ4n) is 2.38. The van der Waals surface area contributed by atoms with Gasteiger partial charge in [-0.1, -0.05) is 11.6 Å². The fourth-order valence-corrected chi connectivity index (χ4v) is 2.53. The predicted molar refractivity (Wildman–Crippen MR) is 77.9 cm³/mol. The molecule has 20 heavy (non-hydrogen) atoms. The molecule has 2 aromatic rings. The number of nitrogens with zero attached hydrogens (tertiary/aromatic N) is 4. The van der Waals surface area contributed by atoms with Gasteiger partial charge in [-0.25, -0.2) is 4.39 Å². The molecule has 0 spiro atoms. The van der Waals surface area contributed by atoms with E-state index >= 15 is 0 Å². The highest BCUT2D eigenvalue weighted by Gasteiger charge is 2.18. The standard InChI is InChI=1S/C14H14ClFN4/c15-14-9-13(10-17-18-14)20-7-5-19(6-8-20)12-3-1-11(16)2-4-12/h1-4,9-10H,5-8H2. The molecule has 1 aromatic heterocycles. The molecule has 1 saturated heterocycles. The van der Waals surface area contributed by atoms with Gasteiger partial charge >= 0.3 is 0 Å². The summed E-state index contributed by atoms with van der Waals surface area (Å²) in [5, 5.41) is 8.02. The van der Waals surface area contributed by atoms with Gasteiger partial charge in [0, 0.05) is 37.9 Å². The molecule has 2 heterocycles. The van der Waals surface area contributed by atoms with Gasteiger partial charge in [0.25, 0.3) is 0 Å². The highest BCUT2D eigenvalue weighted by atomic mass is 35.5. The highest BCUT2D eigenvalue weighted by Crippen LogP contribution is 2.21. The van der Waals surface area contributed by atoms with E-state index in [2.05, 4.69) is 20.0 Å². The third kappa shape index (κ3) is 2.82. The van der Waals surface area contributed by atoms with Crippen molar-refractivity contribution in [2.75, 3.05) is 36.0 Å². The Balaban J connectivity index is 1.66. The molecule has 0 aliphatic carbocycles. The van der Waals surface area contributed by atoms with Gasteiger partial charge in [0.1, 0.15) is 5.82 Å². The Bertz CT molecular complexity index is 582. The summed E-state index contributed by atoms with van der Waals surface area (Å²) in [6.45, 7) is 3.51. The van der Waals surface area contributed by atoms with Crippen molar-refractivity contribution in [3.8, 4) is 0 Å². The van der Waals surface area contributed by atoms with Crippen molar-refractivity contribution in [1.29, 1.82) is 0 Å². The Hall–Kier alpha value is -1.88. The second-order valence-corrected chi connectivity index (χ2v) is 5.07. The number of aromatic nitrogens is 2. The molecule has 1 aliphatic rings. The van der Waals surface area contributed by atoms with E-state index in [-0.39, 0.29) is 5.82 Å². The van der Waals surface area contributed by atoms with E-state index in [1.165, 1.54) is 12.1 Å². The van der Waals surface area contributed by atoms with Crippen molar-refractivity contribution >= 4 is 23.0 Å².